The molecule has 8 rings (SSSR count). The predicted octanol–water partition coefficient (Wildman–Crippen LogP) is 10.1. The Labute approximate surface area is 271 Å². The van der Waals surface area contributed by atoms with E-state index >= 15 is 0 Å². The molecule has 0 unspecified atom stereocenters. The third-order valence-electron chi connectivity index (χ3n) is 9.86. The Bertz CT molecular complexity index is 2170. The summed E-state index contributed by atoms with van der Waals surface area (Å²) in [5.74, 6) is 0. The molecule has 1 aromatic heterocycles. The van der Waals surface area contributed by atoms with Gasteiger partial charge in [-0.2, -0.15) is 0 Å². The fraction of sp³-hybridized carbons (Fsp3) is 0.143. The van der Waals surface area contributed by atoms with Crippen molar-refractivity contribution in [3.05, 3.63) is 146 Å². The largest absolute Gasteiger partial charge is 0.494 e. The summed E-state index contributed by atoms with van der Waals surface area (Å²) in [4.78, 5) is 0. The molecule has 2 heterocycles. The van der Waals surface area contributed by atoms with Crippen LogP contribution in [-0.4, -0.2) is 22.9 Å². The van der Waals surface area contributed by atoms with Crippen LogP contribution in [0.2, 0.25) is 0 Å². The number of rotatable bonds is 5. The van der Waals surface area contributed by atoms with Crippen LogP contribution in [0.4, 0.5) is 0 Å². The number of aromatic nitrogens is 1. The Morgan fingerprint density at radius 3 is 1.59 bits per heavy atom. The number of fused-ring (bicyclic) bond motifs is 3. The second-order valence-electron chi connectivity index (χ2n) is 13.2. The zero-order valence-electron chi connectivity index (χ0n) is 26.7. The van der Waals surface area contributed by atoms with Crippen molar-refractivity contribution >= 4 is 34.4 Å². The van der Waals surface area contributed by atoms with E-state index in [0.717, 1.165) is 16.7 Å². The van der Waals surface area contributed by atoms with Gasteiger partial charge < -0.3 is 13.9 Å². The summed E-state index contributed by atoms with van der Waals surface area (Å²) in [5.41, 5.74) is 10.8. The molecular formula is C42H36BNO2. The molecule has 6 aromatic carbocycles. The molecule has 0 N–H and O–H groups in total. The van der Waals surface area contributed by atoms with Crippen LogP contribution in [0.15, 0.2) is 146 Å². The Morgan fingerprint density at radius 2 is 1.00 bits per heavy atom. The van der Waals surface area contributed by atoms with E-state index in [1.165, 1.54) is 49.7 Å². The van der Waals surface area contributed by atoms with Crippen LogP contribution in [0, 0.1) is 0 Å². The minimum atomic E-state index is -0.449. The molecule has 1 aliphatic rings. The smallest absolute Gasteiger partial charge is 0.399 e. The minimum absolute atomic E-state index is 0.420. The van der Waals surface area contributed by atoms with E-state index in [-0.39, 0.29) is 0 Å². The number of hydrogen-bond donors (Lipinski definition) is 0. The maximum absolute atomic E-state index is 6.54. The Kier molecular flexibility index (Phi) is 6.75. The zero-order valence-corrected chi connectivity index (χ0v) is 26.7. The normalized spacial score (nSPS) is 15.5. The molecule has 1 aliphatic heterocycles. The molecule has 1 saturated heterocycles. The molecule has 0 atom stereocenters. The van der Waals surface area contributed by atoms with Gasteiger partial charge in [0.25, 0.3) is 0 Å². The summed E-state index contributed by atoms with van der Waals surface area (Å²) in [6.45, 7) is 8.43. The number of nitrogens with zero attached hydrogens (tertiary/aromatic N) is 1. The van der Waals surface area contributed by atoms with Crippen LogP contribution in [0.1, 0.15) is 27.7 Å². The summed E-state index contributed by atoms with van der Waals surface area (Å²) in [6.07, 6.45) is 0. The van der Waals surface area contributed by atoms with E-state index in [0.29, 0.717) is 0 Å². The van der Waals surface area contributed by atoms with Crippen LogP contribution in [0.25, 0.3) is 60.9 Å². The maximum atomic E-state index is 6.54. The molecule has 3 nitrogen and oxygen atoms in total. The van der Waals surface area contributed by atoms with Crippen LogP contribution >= 0.6 is 0 Å². The number of benzene rings is 6. The van der Waals surface area contributed by atoms with Crippen LogP contribution < -0.4 is 5.46 Å². The van der Waals surface area contributed by atoms with Crippen LogP contribution in [0.5, 0.6) is 0 Å². The van der Waals surface area contributed by atoms with Crippen molar-refractivity contribution in [1.29, 1.82) is 0 Å². The average Bonchev–Trinajstić information content (AvgIpc) is 3.54. The SMILES string of the molecule is CC1(C)OB(c2ccc3c(c2)c2c(-c4ccccc4)ccc(-c4ccccc4)c2n3-c2ccc(-c3ccccc3)cc2)OC1(C)C. The first kappa shape index (κ1) is 28.6. The summed E-state index contributed by atoms with van der Waals surface area (Å²) in [6, 6.07) is 52.2. The van der Waals surface area contributed by atoms with Crippen molar-refractivity contribution in [2.24, 2.45) is 0 Å². The minimum Gasteiger partial charge on any atom is -0.399 e. The Balaban J connectivity index is 1.43. The molecule has 0 saturated carbocycles. The van der Waals surface area contributed by atoms with Gasteiger partial charge in [-0.3, -0.25) is 0 Å². The van der Waals surface area contributed by atoms with Gasteiger partial charge in [0.1, 0.15) is 0 Å². The quantitative estimate of drug-likeness (QED) is 0.184. The van der Waals surface area contributed by atoms with E-state index in [9.17, 15) is 0 Å². The molecular weight excluding hydrogens is 561 g/mol. The molecule has 4 heteroatoms. The van der Waals surface area contributed by atoms with Crippen molar-refractivity contribution in [3.63, 3.8) is 0 Å². The van der Waals surface area contributed by atoms with Crippen molar-refractivity contribution in [2.45, 2.75) is 38.9 Å². The van der Waals surface area contributed by atoms with Crippen molar-refractivity contribution in [1.82, 2.24) is 4.57 Å². The molecule has 0 radical (unpaired) electrons. The van der Waals surface area contributed by atoms with Gasteiger partial charge in [0.2, 0.25) is 0 Å². The lowest BCUT2D eigenvalue weighted by Crippen LogP contribution is -2.41. The molecule has 1 fully saturated rings. The van der Waals surface area contributed by atoms with Gasteiger partial charge in [-0.25, -0.2) is 0 Å². The highest BCUT2D eigenvalue weighted by Crippen LogP contribution is 2.44. The van der Waals surface area contributed by atoms with Gasteiger partial charge in [-0.15, -0.1) is 0 Å². The summed E-state index contributed by atoms with van der Waals surface area (Å²) in [5, 5.41) is 2.39. The van der Waals surface area contributed by atoms with E-state index in [1.54, 1.807) is 0 Å². The van der Waals surface area contributed by atoms with E-state index in [1.807, 2.05) is 0 Å². The van der Waals surface area contributed by atoms with Crippen molar-refractivity contribution in [2.75, 3.05) is 0 Å². The predicted molar refractivity (Wildman–Crippen MR) is 193 cm³/mol. The highest BCUT2D eigenvalue weighted by molar-refractivity contribution is 6.62. The molecule has 7 aromatic rings. The fourth-order valence-corrected chi connectivity index (χ4v) is 6.70. The summed E-state index contributed by atoms with van der Waals surface area (Å²) >= 11 is 0. The lowest BCUT2D eigenvalue weighted by Gasteiger charge is -2.32. The van der Waals surface area contributed by atoms with E-state index < -0.39 is 18.3 Å². The van der Waals surface area contributed by atoms with Gasteiger partial charge >= 0.3 is 7.12 Å². The van der Waals surface area contributed by atoms with Gasteiger partial charge in [-0.1, -0.05) is 127 Å². The lowest BCUT2D eigenvalue weighted by molar-refractivity contribution is 0.00578. The first-order chi connectivity index (χ1) is 22.3. The Morgan fingerprint density at radius 1 is 0.500 bits per heavy atom. The Hall–Kier alpha value is -4.90. The topological polar surface area (TPSA) is 23.4 Å². The number of hydrogen-bond acceptors (Lipinski definition) is 2. The molecule has 46 heavy (non-hydrogen) atoms. The maximum Gasteiger partial charge on any atom is 0.494 e. The second kappa shape index (κ2) is 10.9. The summed E-state index contributed by atoms with van der Waals surface area (Å²) in [7, 11) is -0.449. The second-order valence-corrected chi connectivity index (χ2v) is 13.2. The van der Waals surface area contributed by atoms with Crippen LogP contribution in [-0.2, 0) is 9.31 Å². The van der Waals surface area contributed by atoms with E-state index in [4.69, 9.17) is 9.31 Å². The van der Waals surface area contributed by atoms with E-state index in [2.05, 4.69) is 178 Å². The van der Waals surface area contributed by atoms with Gasteiger partial charge in [0, 0.05) is 22.0 Å². The molecule has 0 spiro atoms. The van der Waals surface area contributed by atoms with Crippen molar-refractivity contribution < 1.29 is 9.31 Å². The third-order valence-corrected chi connectivity index (χ3v) is 9.86. The fourth-order valence-electron chi connectivity index (χ4n) is 6.70. The molecule has 0 bridgehead atoms. The van der Waals surface area contributed by atoms with Gasteiger partial charge in [0.15, 0.2) is 0 Å². The average molecular weight is 598 g/mol. The van der Waals surface area contributed by atoms with Gasteiger partial charge in [0.05, 0.1) is 22.2 Å². The molecule has 224 valence electrons. The monoisotopic (exact) mass is 597 g/mol. The first-order valence-corrected chi connectivity index (χ1v) is 16.0. The molecule has 0 amide bonds. The first-order valence-electron chi connectivity index (χ1n) is 16.0. The standard InChI is InChI=1S/C42H36BNO2/c1-41(2)42(3,4)46-43(45-41)33-22-27-38-37(28-33)39-35(31-16-10-6-11-17-31)25-26-36(32-18-12-7-13-19-32)40(39)44(38)34-23-20-30(21-24-34)29-14-8-5-9-15-29/h5-28H,1-4H3. The van der Waals surface area contributed by atoms with Gasteiger partial charge in [-0.05, 0) is 79.2 Å². The van der Waals surface area contributed by atoms with Crippen molar-refractivity contribution in [3.8, 4) is 39.1 Å². The lowest BCUT2D eigenvalue weighted by atomic mass is 9.78. The zero-order chi connectivity index (χ0) is 31.5. The highest BCUT2D eigenvalue weighted by atomic mass is 16.7. The highest BCUT2D eigenvalue weighted by Gasteiger charge is 2.51. The summed E-state index contributed by atoms with van der Waals surface area (Å²) < 4.78 is 15.5. The van der Waals surface area contributed by atoms with Crippen LogP contribution in [0.3, 0.4) is 0 Å². The molecule has 0 aliphatic carbocycles. The third kappa shape index (κ3) is 4.68.